The van der Waals surface area contributed by atoms with Crippen LogP contribution in [0.1, 0.15) is 13.8 Å². The van der Waals surface area contributed by atoms with Crippen molar-refractivity contribution in [2.75, 3.05) is 13.1 Å². The van der Waals surface area contributed by atoms with Crippen LogP contribution in [0.4, 0.5) is 13.2 Å². The Hall–Kier alpha value is -2.20. The molecule has 0 amide bonds. The lowest BCUT2D eigenvalue weighted by Crippen LogP contribution is -2.39. The third-order valence-electron chi connectivity index (χ3n) is 3.29. The van der Waals surface area contributed by atoms with Crippen LogP contribution in [0.15, 0.2) is 52.0 Å². The Morgan fingerprint density at radius 1 is 1.23 bits per heavy atom. The first-order chi connectivity index (χ1) is 11.8. The van der Waals surface area contributed by atoms with Gasteiger partial charge in [-0.15, -0.1) is 13.2 Å². The second kappa shape index (κ2) is 6.84. The van der Waals surface area contributed by atoms with Crippen LogP contribution in [-0.2, 0) is 9.84 Å². The van der Waals surface area contributed by atoms with Crippen LogP contribution in [0.3, 0.4) is 0 Å². The average molecular weight is 392 g/mol. The minimum atomic E-state index is -4.86. The SMILES string of the molecule is CC(C)(O)CN1C=C(S(=O)(=O)c2ccc(OC(F)(F)F)cc2)C=C(N)C1. The normalized spacial score (nSPS) is 16.2. The van der Waals surface area contributed by atoms with Crippen LogP contribution < -0.4 is 10.5 Å². The number of ether oxygens (including phenoxy) is 1. The number of alkyl halides is 3. The lowest BCUT2D eigenvalue weighted by atomic mass is 10.1. The standard InChI is InChI=1S/C16H19F3N2O4S/c1-15(2,22)10-21-8-11(20)7-14(9-21)26(23,24)13-5-3-12(4-6-13)25-16(17,18)19/h3-7,9,22H,8,10,20H2,1-2H3. The van der Waals surface area contributed by atoms with Crippen LogP contribution in [-0.4, -0.2) is 43.5 Å². The molecule has 144 valence electrons. The summed E-state index contributed by atoms with van der Waals surface area (Å²) in [5.41, 5.74) is 5.00. The number of rotatable bonds is 5. The molecule has 0 bridgehead atoms. The lowest BCUT2D eigenvalue weighted by Gasteiger charge is -2.30. The van der Waals surface area contributed by atoms with Crippen molar-refractivity contribution in [1.82, 2.24) is 4.90 Å². The first-order valence-electron chi connectivity index (χ1n) is 7.51. The predicted molar refractivity (Wildman–Crippen MR) is 88.5 cm³/mol. The Bertz CT molecular complexity index is 823. The van der Waals surface area contributed by atoms with E-state index in [0.717, 1.165) is 24.3 Å². The number of benzene rings is 1. The highest BCUT2D eigenvalue weighted by Gasteiger charge is 2.31. The van der Waals surface area contributed by atoms with Crippen LogP contribution in [0.2, 0.25) is 0 Å². The van der Waals surface area contributed by atoms with E-state index >= 15 is 0 Å². The molecule has 1 aliphatic heterocycles. The summed E-state index contributed by atoms with van der Waals surface area (Å²) in [6, 6.07) is 3.89. The van der Waals surface area contributed by atoms with Crippen molar-refractivity contribution in [3.63, 3.8) is 0 Å². The number of aliphatic hydroxyl groups is 1. The fourth-order valence-electron chi connectivity index (χ4n) is 2.43. The van der Waals surface area contributed by atoms with Gasteiger partial charge in [-0.2, -0.15) is 0 Å². The molecule has 0 fully saturated rings. The van der Waals surface area contributed by atoms with Gasteiger partial charge in [-0.25, -0.2) is 8.42 Å². The summed E-state index contributed by atoms with van der Waals surface area (Å²) in [6.07, 6.45) is -2.22. The zero-order valence-electron chi connectivity index (χ0n) is 14.1. The Labute approximate surface area is 149 Å². The second-order valence-corrected chi connectivity index (χ2v) is 8.44. The quantitative estimate of drug-likeness (QED) is 0.798. The maximum Gasteiger partial charge on any atom is 0.573 e. The minimum absolute atomic E-state index is 0.116. The second-order valence-electron chi connectivity index (χ2n) is 6.49. The molecular formula is C16H19F3N2O4S. The zero-order valence-corrected chi connectivity index (χ0v) is 14.9. The summed E-state index contributed by atoms with van der Waals surface area (Å²) >= 11 is 0. The molecule has 1 aliphatic rings. The highest BCUT2D eigenvalue weighted by molar-refractivity contribution is 7.95. The summed E-state index contributed by atoms with van der Waals surface area (Å²) in [6.45, 7) is 3.55. The molecule has 10 heteroatoms. The van der Waals surface area contributed by atoms with E-state index in [1.54, 1.807) is 18.7 Å². The van der Waals surface area contributed by atoms with Gasteiger partial charge in [0.2, 0.25) is 9.84 Å². The Morgan fingerprint density at radius 2 is 1.81 bits per heavy atom. The van der Waals surface area contributed by atoms with E-state index in [4.69, 9.17) is 5.73 Å². The summed E-state index contributed by atoms with van der Waals surface area (Å²) in [5, 5.41) is 9.90. The molecule has 0 aromatic heterocycles. The van der Waals surface area contributed by atoms with Crippen molar-refractivity contribution in [3.05, 3.63) is 47.1 Å². The van der Waals surface area contributed by atoms with Gasteiger partial charge in [-0.3, -0.25) is 0 Å². The molecule has 6 nitrogen and oxygen atoms in total. The molecule has 0 saturated heterocycles. The molecule has 0 saturated carbocycles. The molecule has 3 N–H and O–H groups in total. The number of allylic oxidation sites excluding steroid dienone is 1. The van der Waals surface area contributed by atoms with Gasteiger partial charge in [0.25, 0.3) is 0 Å². The fraction of sp³-hybridized carbons (Fsp3) is 0.375. The highest BCUT2D eigenvalue weighted by atomic mass is 32.2. The van der Waals surface area contributed by atoms with Gasteiger partial charge < -0.3 is 20.5 Å². The number of halogens is 3. The van der Waals surface area contributed by atoms with E-state index in [0.29, 0.717) is 0 Å². The molecule has 2 rings (SSSR count). The largest absolute Gasteiger partial charge is 0.573 e. The summed E-state index contributed by atoms with van der Waals surface area (Å²) < 4.78 is 65.7. The molecule has 1 heterocycles. The van der Waals surface area contributed by atoms with Gasteiger partial charge in [0.05, 0.1) is 21.9 Å². The predicted octanol–water partition coefficient (Wildman–Crippen LogP) is 2.13. The molecule has 0 spiro atoms. The van der Waals surface area contributed by atoms with Crippen LogP contribution >= 0.6 is 0 Å². The van der Waals surface area contributed by atoms with Crippen molar-refractivity contribution >= 4 is 9.84 Å². The Morgan fingerprint density at radius 3 is 2.31 bits per heavy atom. The first-order valence-corrected chi connectivity index (χ1v) is 9.00. The molecule has 1 aromatic carbocycles. The van der Waals surface area contributed by atoms with Crippen molar-refractivity contribution in [2.45, 2.75) is 30.7 Å². The van der Waals surface area contributed by atoms with Crippen LogP contribution in [0.5, 0.6) is 5.75 Å². The number of hydrogen-bond donors (Lipinski definition) is 2. The molecule has 0 radical (unpaired) electrons. The number of nitrogens with zero attached hydrogens (tertiary/aromatic N) is 1. The molecule has 26 heavy (non-hydrogen) atoms. The van der Waals surface area contributed by atoms with Crippen molar-refractivity contribution in [1.29, 1.82) is 0 Å². The summed E-state index contributed by atoms with van der Waals surface area (Å²) in [7, 11) is -4.00. The maximum atomic E-state index is 12.7. The van der Waals surface area contributed by atoms with E-state index < -0.39 is 27.6 Å². The topological polar surface area (TPSA) is 92.9 Å². The summed E-state index contributed by atoms with van der Waals surface area (Å²) in [5.74, 6) is -0.521. The van der Waals surface area contributed by atoms with E-state index in [1.165, 1.54) is 12.3 Å². The van der Waals surface area contributed by atoms with Gasteiger partial charge in [0.15, 0.2) is 0 Å². The van der Waals surface area contributed by atoms with Gasteiger partial charge in [-0.05, 0) is 44.2 Å². The lowest BCUT2D eigenvalue weighted by molar-refractivity contribution is -0.274. The van der Waals surface area contributed by atoms with Gasteiger partial charge >= 0.3 is 6.36 Å². The molecular weight excluding hydrogens is 373 g/mol. The monoisotopic (exact) mass is 392 g/mol. The highest BCUT2D eigenvalue weighted by Crippen LogP contribution is 2.28. The number of sulfone groups is 1. The van der Waals surface area contributed by atoms with Crippen LogP contribution in [0.25, 0.3) is 0 Å². The first kappa shape index (κ1) is 20.1. The minimum Gasteiger partial charge on any atom is -0.406 e. The van der Waals surface area contributed by atoms with E-state index in [1.807, 2.05) is 0 Å². The third kappa shape index (κ3) is 5.40. The fourth-order valence-corrected chi connectivity index (χ4v) is 3.79. The Kier molecular flexibility index (Phi) is 5.29. The van der Waals surface area contributed by atoms with E-state index in [9.17, 15) is 26.7 Å². The molecule has 0 aliphatic carbocycles. The number of β-amino-alcohol motifs (C(OH)–C–C–N with tert-alkyl or cyclic N) is 1. The van der Waals surface area contributed by atoms with E-state index in [-0.39, 0.29) is 28.6 Å². The van der Waals surface area contributed by atoms with Crippen LogP contribution in [0, 0.1) is 0 Å². The smallest absolute Gasteiger partial charge is 0.406 e. The summed E-state index contributed by atoms with van der Waals surface area (Å²) in [4.78, 5) is 1.24. The van der Waals surface area contributed by atoms with Crippen molar-refractivity contribution in [2.24, 2.45) is 5.73 Å². The maximum absolute atomic E-state index is 12.7. The zero-order chi connectivity index (χ0) is 19.8. The molecule has 1 aromatic rings. The molecule has 0 atom stereocenters. The van der Waals surface area contributed by atoms with Crippen molar-refractivity contribution < 1.29 is 31.4 Å². The third-order valence-corrected chi connectivity index (χ3v) is 5.03. The van der Waals surface area contributed by atoms with Gasteiger partial charge in [-0.1, -0.05) is 0 Å². The Balaban J connectivity index is 2.30. The average Bonchev–Trinajstić information content (AvgIpc) is 2.43. The van der Waals surface area contributed by atoms with Gasteiger partial charge in [0, 0.05) is 18.4 Å². The number of hydrogen-bond acceptors (Lipinski definition) is 6. The van der Waals surface area contributed by atoms with Crippen molar-refractivity contribution in [3.8, 4) is 5.75 Å². The number of nitrogens with two attached hydrogens (primary N) is 1. The molecule has 0 unspecified atom stereocenters. The van der Waals surface area contributed by atoms with Gasteiger partial charge in [0.1, 0.15) is 5.75 Å². The van der Waals surface area contributed by atoms with E-state index in [2.05, 4.69) is 4.74 Å².